The first-order valence-electron chi connectivity index (χ1n) is 48.4. The van der Waals surface area contributed by atoms with Crippen LogP contribution in [-0.4, -0.2) is 95.9 Å². The van der Waals surface area contributed by atoms with E-state index in [1.807, 2.05) is 0 Å². The quantitative estimate of drug-likeness (QED) is 0.0146. The Morgan fingerprint density at radius 1 is 0.240 bits per heavy atom. The average Bonchev–Trinajstić information content (AvgIpc) is 0.895. The van der Waals surface area contributed by atoms with Crippen LogP contribution in [0, 0.1) is 0 Å². The summed E-state index contributed by atoms with van der Waals surface area (Å²) in [6.07, 6.45) is 123. The largest absolute Gasteiger partial charge is 0.472 e. The lowest BCUT2D eigenvalue weighted by atomic mass is 10.0. The second kappa shape index (κ2) is 94.1. The highest BCUT2D eigenvalue weighted by Gasteiger charge is 2.30. The molecule has 0 aromatic carbocycles. The molecule has 0 bridgehead atoms. The fourth-order valence-electron chi connectivity index (χ4n) is 13.1. The van der Waals surface area contributed by atoms with Crippen molar-refractivity contribution in [2.45, 2.75) is 424 Å². The van der Waals surface area contributed by atoms with E-state index in [9.17, 15) is 43.5 Å². The van der Waals surface area contributed by atoms with E-state index in [1.54, 1.807) is 0 Å². The van der Waals surface area contributed by atoms with Crippen LogP contribution in [-0.2, 0) is 55.8 Å². The molecule has 121 heavy (non-hydrogen) atoms. The van der Waals surface area contributed by atoms with Crippen molar-refractivity contribution >= 4 is 33.6 Å². The summed E-state index contributed by atoms with van der Waals surface area (Å²) in [5.41, 5.74) is 0. The van der Waals surface area contributed by atoms with E-state index in [1.165, 1.54) is 180 Å². The monoisotopic (exact) mass is 1730 g/mol. The Balaban J connectivity index is 4.52. The summed E-state index contributed by atoms with van der Waals surface area (Å²) in [6, 6.07) is 0. The zero-order valence-electron chi connectivity index (χ0n) is 76.6. The lowest BCUT2D eigenvalue weighted by Gasteiger charge is -2.21. The Morgan fingerprint density at radius 2 is 0.438 bits per heavy atom. The van der Waals surface area contributed by atoms with Gasteiger partial charge in [-0.25, -0.2) is 9.13 Å². The van der Waals surface area contributed by atoms with Crippen LogP contribution in [0.1, 0.15) is 406 Å². The first kappa shape index (κ1) is 116. The van der Waals surface area contributed by atoms with Gasteiger partial charge in [-0.15, -0.1) is 0 Å². The molecule has 0 spiro atoms. The number of aliphatic hydroxyl groups is 2. The van der Waals surface area contributed by atoms with Crippen molar-refractivity contribution < 1.29 is 75.8 Å². The second-order valence-corrected chi connectivity index (χ2v) is 35.0. The van der Waals surface area contributed by atoms with Gasteiger partial charge in [0.2, 0.25) is 0 Å². The Morgan fingerprint density at radius 3 is 0.694 bits per heavy atom. The molecule has 5 atom stereocenters. The number of phosphoric ester groups is 2. The van der Waals surface area contributed by atoms with Gasteiger partial charge < -0.3 is 34.2 Å². The highest BCUT2D eigenvalue weighted by Crippen LogP contribution is 2.45. The van der Waals surface area contributed by atoms with Gasteiger partial charge in [-0.05, 0) is 154 Å². The van der Waals surface area contributed by atoms with Crippen LogP contribution in [0.25, 0.3) is 0 Å². The van der Waals surface area contributed by atoms with Crippen LogP contribution < -0.4 is 0 Å². The van der Waals surface area contributed by atoms with Crippen LogP contribution >= 0.6 is 15.6 Å². The molecule has 0 aromatic heterocycles. The maximum absolute atomic E-state index is 13.1. The molecule has 0 saturated carbocycles. The highest BCUT2D eigenvalue weighted by molar-refractivity contribution is 7.47. The second-order valence-electron chi connectivity index (χ2n) is 32.1. The molecule has 0 radical (unpaired) electrons. The lowest BCUT2D eigenvalue weighted by molar-refractivity contribution is -0.161. The van der Waals surface area contributed by atoms with Gasteiger partial charge in [0.05, 0.1) is 26.4 Å². The summed E-state index contributed by atoms with van der Waals surface area (Å²) in [6.45, 7) is 2.46. The molecular weight excluding hydrogens is 1560 g/mol. The molecular formula is C103H176O16P2. The van der Waals surface area contributed by atoms with Crippen molar-refractivity contribution in [1.82, 2.24) is 0 Å². The van der Waals surface area contributed by atoms with E-state index >= 15 is 0 Å². The molecule has 0 heterocycles. The van der Waals surface area contributed by atoms with E-state index < -0.39 is 91.5 Å². The van der Waals surface area contributed by atoms with Crippen molar-refractivity contribution in [3.8, 4) is 0 Å². The summed E-state index contributed by atoms with van der Waals surface area (Å²) in [5, 5.41) is 20.8. The third kappa shape index (κ3) is 95.4. The van der Waals surface area contributed by atoms with E-state index in [0.29, 0.717) is 19.3 Å². The van der Waals surface area contributed by atoms with Gasteiger partial charge in [-0.2, -0.15) is 0 Å². The third-order valence-corrected chi connectivity index (χ3v) is 22.3. The molecule has 694 valence electrons. The molecule has 16 nitrogen and oxygen atoms in total. The molecule has 5 unspecified atom stereocenters. The van der Waals surface area contributed by atoms with Crippen LogP contribution in [0.15, 0.2) is 170 Å². The number of rotatable bonds is 91. The number of hydrogen-bond donors (Lipinski definition) is 4. The smallest absolute Gasteiger partial charge is 0.463 e. The highest BCUT2D eigenvalue weighted by atomic mass is 31.2. The molecule has 0 amide bonds. The Hall–Kier alpha value is -5.09. The number of ether oxygens (including phenoxy) is 3. The number of aliphatic hydroxyl groups excluding tert-OH is 2. The van der Waals surface area contributed by atoms with E-state index in [0.717, 1.165) is 167 Å². The predicted octanol–water partition coefficient (Wildman–Crippen LogP) is 30.2. The minimum atomic E-state index is -4.95. The fraction of sp³-hybridized carbons (Fsp3) is 0.699. The van der Waals surface area contributed by atoms with Crippen molar-refractivity contribution in [3.63, 3.8) is 0 Å². The standard InChI is InChI=1S/C103H176O16P2/c1-4-7-10-13-16-19-22-25-28-31-34-36-38-40-42-44-46-48-50-52-54-56-58-60-63-65-68-71-74-77-80-83-86-89-101(106)113-92-98(104)93-115-120(109,110)116-94-99(105)95-117-121(111,112)118-97-100(119-103(108)91-88-85-82-79-76-73-70-67-62-33-30-27-24-21-18-15-12-9-6-3)96-114-102(107)90-87-84-81-78-75-72-69-66-64-61-59-57-55-53-51-49-47-45-43-41-39-37-35-32-29-26-23-20-17-14-11-8-5-2/h7,9-10,12,16-21,25-30,34-37,40-43,46,48,62,67,98-100,104-105H,4-6,8,11,13-15,22-24,31-33,38-39,44-45,47,49-61,63-66,68-97H2,1-3H3,(H,109,110)(H,111,112)/b10-7-,12-9-,19-16-,20-17-,21-18-,28-25-,29-26-,30-27-,36-34-,37-35-,42-40-,43-41-,48-46-,67-62-. The number of unbranched alkanes of at least 4 members (excludes halogenated alkanes) is 40. The Labute approximate surface area is 739 Å². The number of hydrogen-bond acceptors (Lipinski definition) is 14. The van der Waals surface area contributed by atoms with Gasteiger partial charge in [-0.1, -0.05) is 403 Å². The molecule has 0 fully saturated rings. The average molecular weight is 1730 g/mol. The first-order valence-corrected chi connectivity index (χ1v) is 51.4. The minimum Gasteiger partial charge on any atom is -0.463 e. The Bertz CT molecular complexity index is 2880. The van der Waals surface area contributed by atoms with Crippen molar-refractivity contribution in [1.29, 1.82) is 0 Å². The molecule has 4 N–H and O–H groups in total. The number of carbonyl (C=O) groups is 3. The zero-order valence-corrected chi connectivity index (χ0v) is 78.4. The molecule has 0 aliphatic rings. The molecule has 18 heteroatoms. The summed E-state index contributed by atoms with van der Waals surface area (Å²) in [5.74, 6) is -1.58. The minimum absolute atomic E-state index is 0.0862. The van der Waals surface area contributed by atoms with Crippen molar-refractivity contribution in [2.24, 2.45) is 0 Å². The van der Waals surface area contributed by atoms with Gasteiger partial charge in [0, 0.05) is 19.3 Å². The van der Waals surface area contributed by atoms with E-state index in [4.69, 9.17) is 32.3 Å². The van der Waals surface area contributed by atoms with Crippen molar-refractivity contribution in [3.05, 3.63) is 170 Å². The lowest BCUT2D eigenvalue weighted by Crippen LogP contribution is -2.30. The van der Waals surface area contributed by atoms with Gasteiger partial charge in [0.25, 0.3) is 0 Å². The SMILES string of the molecule is CC/C=C\C/C=C\C/C=C\C/C=C\C/C=C\C/C=C\CCCCCCCCCCCCCCCCC(=O)OCC(O)COP(=O)(O)OCC(O)COP(=O)(O)OCC(COC(=O)CCCCCCCCCCCCCCCCCCC/C=C\C/C=C\C/C=C\C/C=C\CCCCC)OC(=O)CCCCCCCC/C=C\C/C=C\C/C=C\C/C=C\CC. The number of esters is 3. The molecule has 0 aliphatic heterocycles. The predicted molar refractivity (Wildman–Crippen MR) is 509 cm³/mol. The Kier molecular flexibility index (Phi) is 90.1. The van der Waals surface area contributed by atoms with E-state index in [2.05, 4.69) is 191 Å². The first-order chi connectivity index (χ1) is 59.2. The number of phosphoric acid groups is 2. The van der Waals surface area contributed by atoms with Gasteiger partial charge in [0.1, 0.15) is 25.4 Å². The maximum Gasteiger partial charge on any atom is 0.472 e. The molecule has 0 aromatic rings. The maximum atomic E-state index is 13.1. The van der Waals surface area contributed by atoms with Crippen LogP contribution in [0.5, 0.6) is 0 Å². The number of carbonyl (C=O) groups excluding carboxylic acids is 3. The summed E-state index contributed by atoms with van der Waals surface area (Å²) < 4.78 is 61.5. The van der Waals surface area contributed by atoms with Gasteiger partial charge in [-0.3, -0.25) is 32.5 Å². The normalized spacial score (nSPS) is 14.5. The summed E-state index contributed by atoms with van der Waals surface area (Å²) in [4.78, 5) is 59.1. The summed E-state index contributed by atoms with van der Waals surface area (Å²) >= 11 is 0. The van der Waals surface area contributed by atoms with Crippen LogP contribution in [0.4, 0.5) is 0 Å². The molecule has 0 saturated heterocycles. The van der Waals surface area contributed by atoms with Crippen LogP contribution in [0.2, 0.25) is 0 Å². The molecule has 0 rings (SSSR count). The van der Waals surface area contributed by atoms with Gasteiger partial charge >= 0.3 is 33.6 Å². The van der Waals surface area contributed by atoms with Crippen molar-refractivity contribution in [2.75, 3.05) is 39.6 Å². The van der Waals surface area contributed by atoms with Gasteiger partial charge in [0.15, 0.2) is 6.10 Å². The fourth-order valence-corrected chi connectivity index (χ4v) is 14.7. The zero-order chi connectivity index (χ0) is 87.9. The topological polar surface area (TPSA) is 231 Å². The van der Waals surface area contributed by atoms with E-state index in [-0.39, 0.29) is 19.3 Å². The number of allylic oxidation sites excluding steroid dienone is 28. The third-order valence-electron chi connectivity index (χ3n) is 20.4. The van der Waals surface area contributed by atoms with Crippen LogP contribution in [0.3, 0.4) is 0 Å². The summed E-state index contributed by atoms with van der Waals surface area (Å²) in [7, 11) is -9.82. The molecule has 0 aliphatic carbocycles.